The summed E-state index contributed by atoms with van der Waals surface area (Å²) in [4.78, 5) is 64.0. The predicted molar refractivity (Wildman–Crippen MR) is 245 cm³/mol. The molecule has 3 amide bonds. The summed E-state index contributed by atoms with van der Waals surface area (Å²) in [6, 6.07) is 12.8. The van der Waals surface area contributed by atoms with Crippen LogP contribution in [0.2, 0.25) is 0 Å². The topological polar surface area (TPSA) is 167 Å². The Morgan fingerprint density at radius 3 is 2.58 bits per heavy atom. The number of fused-ring (bicyclic) bond motifs is 8. The minimum absolute atomic E-state index is 0.000384. The van der Waals surface area contributed by atoms with E-state index in [1.54, 1.807) is 37.4 Å². The minimum atomic E-state index is -1.11. The van der Waals surface area contributed by atoms with Gasteiger partial charge in [0.1, 0.15) is 30.0 Å². The zero-order valence-corrected chi connectivity index (χ0v) is 38.7. The van der Waals surface area contributed by atoms with E-state index in [-0.39, 0.29) is 54.4 Å². The third-order valence-corrected chi connectivity index (χ3v) is 14.1. The summed E-state index contributed by atoms with van der Waals surface area (Å²) in [5.41, 5.74) is 9.68. The van der Waals surface area contributed by atoms with E-state index in [1.807, 2.05) is 32.0 Å². The molecule has 2 aromatic heterocycles. The van der Waals surface area contributed by atoms with Crippen LogP contribution in [0.1, 0.15) is 96.6 Å². The molecule has 14 heteroatoms. The van der Waals surface area contributed by atoms with Gasteiger partial charge in [0.05, 0.1) is 23.9 Å². The number of carbonyl (C=O) groups excluding carboxylic acids is 4. The highest BCUT2D eigenvalue weighted by Crippen LogP contribution is 2.57. The van der Waals surface area contributed by atoms with Gasteiger partial charge in [-0.15, -0.1) is 0 Å². The number of aromatic nitrogens is 2. The van der Waals surface area contributed by atoms with Crippen LogP contribution in [0.4, 0.5) is 0 Å². The lowest BCUT2D eigenvalue weighted by Gasteiger charge is -2.42. The Morgan fingerprint density at radius 1 is 1.08 bits per heavy atom. The van der Waals surface area contributed by atoms with Gasteiger partial charge >= 0.3 is 5.97 Å². The number of likely N-dealkylation sites (N-methyl/N-ethyl adjacent to an activating group) is 1. The number of aromatic hydroxyl groups is 1. The molecule has 3 unspecified atom stereocenters. The molecule has 5 heterocycles. The van der Waals surface area contributed by atoms with Crippen molar-refractivity contribution in [2.45, 2.75) is 117 Å². The molecule has 342 valence electrons. The number of hydrazine groups is 1. The van der Waals surface area contributed by atoms with Crippen LogP contribution in [0.5, 0.6) is 5.75 Å². The molecule has 2 aromatic carbocycles. The number of hydrogen-bond donors (Lipinski definition) is 4. The normalized spacial score (nSPS) is 24.9. The van der Waals surface area contributed by atoms with Gasteiger partial charge in [0.25, 0.3) is 5.91 Å². The zero-order chi connectivity index (χ0) is 45.8. The zero-order valence-electron chi connectivity index (χ0n) is 38.7. The number of nitrogens with one attached hydrogen (secondary N) is 3. The van der Waals surface area contributed by atoms with Gasteiger partial charge < -0.3 is 34.7 Å². The maximum Gasteiger partial charge on any atom is 0.324 e. The second kappa shape index (κ2) is 17.9. The average molecular weight is 876 g/mol. The molecule has 8 rings (SSSR count). The Labute approximate surface area is 376 Å². The first-order chi connectivity index (χ1) is 30.5. The fourth-order valence-electron chi connectivity index (χ4n) is 11.1. The summed E-state index contributed by atoms with van der Waals surface area (Å²) in [5, 5.41) is 20.3. The molecule has 0 saturated carbocycles. The summed E-state index contributed by atoms with van der Waals surface area (Å²) in [6.07, 6.45) is 3.02. The number of methoxy groups -OCH3 is 1. The SMILES string of the molecule is CCn1c2c3c4cc(ccc41)-c1cc(O)cc(c1)C[C@H](NC(=O)[C@H](C(C)C)N(C)C(=O)C1CCNC1C(C)C)C(=O)N1CCC[C@H](N1)C(=O)OCC(C)(C)C3[C@H](OC)c1ncccc1-2. The van der Waals surface area contributed by atoms with Crippen molar-refractivity contribution < 1.29 is 33.8 Å². The minimum Gasteiger partial charge on any atom is -0.508 e. The third-order valence-electron chi connectivity index (χ3n) is 14.1. The molecule has 14 nitrogen and oxygen atoms in total. The Balaban J connectivity index is 1.23. The third kappa shape index (κ3) is 8.17. The van der Waals surface area contributed by atoms with Crippen LogP contribution < -0.4 is 16.1 Å². The van der Waals surface area contributed by atoms with Crippen LogP contribution in [-0.4, -0.2) is 106 Å². The van der Waals surface area contributed by atoms with Gasteiger partial charge in [-0.2, -0.15) is 0 Å². The molecule has 64 heavy (non-hydrogen) atoms. The van der Waals surface area contributed by atoms with Crippen molar-refractivity contribution in [1.29, 1.82) is 0 Å². The quantitative estimate of drug-likeness (QED) is 0.152. The maximum absolute atomic E-state index is 14.8. The van der Waals surface area contributed by atoms with Gasteiger partial charge in [-0.3, -0.25) is 29.2 Å². The van der Waals surface area contributed by atoms with Crippen molar-refractivity contribution in [3.05, 3.63) is 71.5 Å². The van der Waals surface area contributed by atoms with Crippen LogP contribution in [-0.2, 0) is 41.6 Å². The van der Waals surface area contributed by atoms with E-state index in [0.29, 0.717) is 37.9 Å². The summed E-state index contributed by atoms with van der Waals surface area (Å²) in [5.74, 6) is -2.06. The molecule has 6 bridgehead atoms. The molecule has 4 aliphatic rings. The molecule has 1 aliphatic carbocycles. The predicted octanol–water partition coefficient (Wildman–Crippen LogP) is 6.10. The number of ether oxygens (including phenoxy) is 2. The Morgan fingerprint density at radius 2 is 1.86 bits per heavy atom. The van der Waals surface area contributed by atoms with E-state index in [9.17, 15) is 24.3 Å². The van der Waals surface area contributed by atoms with Gasteiger partial charge in [-0.1, -0.05) is 53.7 Å². The molecular formula is C50H65N7O7. The number of rotatable bonds is 8. The average Bonchev–Trinajstić information content (AvgIpc) is 3.90. The number of phenols is 1. The number of phenolic OH excluding ortho intramolecular Hbond substituents is 1. The van der Waals surface area contributed by atoms with Crippen molar-refractivity contribution >= 4 is 34.6 Å². The number of pyridine rings is 1. The van der Waals surface area contributed by atoms with Gasteiger partial charge in [0.15, 0.2) is 0 Å². The van der Waals surface area contributed by atoms with Crippen LogP contribution in [0.3, 0.4) is 0 Å². The van der Waals surface area contributed by atoms with E-state index < -0.39 is 47.4 Å². The summed E-state index contributed by atoms with van der Waals surface area (Å²) >= 11 is 0. The molecule has 4 aromatic rings. The molecule has 4 N–H and O–H groups in total. The van der Waals surface area contributed by atoms with Gasteiger partial charge in [0.2, 0.25) is 11.8 Å². The van der Waals surface area contributed by atoms with E-state index >= 15 is 0 Å². The van der Waals surface area contributed by atoms with Gasteiger partial charge in [-0.05, 0) is 103 Å². The maximum atomic E-state index is 14.8. The molecule has 3 aliphatic heterocycles. The van der Waals surface area contributed by atoms with Crippen LogP contribution >= 0.6 is 0 Å². The summed E-state index contributed by atoms with van der Waals surface area (Å²) < 4.78 is 14.9. The highest BCUT2D eigenvalue weighted by atomic mass is 16.5. The first-order valence-electron chi connectivity index (χ1n) is 23.1. The summed E-state index contributed by atoms with van der Waals surface area (Å²) in [6.45, 7) is 16.1. The molecule has 0 radical (unpaired) electrons. The van der Waals surface area contributed by atoms with Crippen LogP contribution in [0, 0.1) is 23.2 Å². The molecule has 2 saturated heterocycles. The number of amides is 3. The van der Waals surface area contributed by atoms with Crippen molar-refractivity contribution in [3.63, 3.8) is 0 Å². The largest absolute Gasteiger partial charge is 0.508 e. The first kappa shape index (κ1) is 45.3. The van der Waals surface area contributed by atoms with Crippen molar-refractivity contribution in [2.24, 2.45) is 23.2 Å². The van der Waals surface area contributed by atoms with Crippen molar-refractivity contribution in [1.82, 2.24) is 35.5 Å². The van der Waals surface area contributed by atoms with E-state index in [4.69, 9.17) is 14.5 Å². The molecule has 2 fully saturated rings. The number of nitrogens with zero attached hydrogens (tertiary/aromatic N) is 4. The lowest BCUT2D eigenvalue weighted by Crippen LogP contribution is -2.62. The Bertz CT molecular complexity index is 2440. The van der Waals surface area contributed by atoms with Crippen molar-refractivity contribution in [3.8, 4) is 28.1 Å². The fraction of sp³-hybridized carbons (Fsp3) is 0.540. The molecule has 7 atom stereocenters. The first-order valence-corrected chi connectivity index (χ1v) is 23.1. The van der Waals surface area contributed by atoms with E-state index in [0.717, 1.165) is 51.1 Å². The number of esters is 1. The number of carbonyl (C=O) groups is 4. The number of aryl methyl sites for hydroxylation is 1. The smallest absolute Gasteiger partial charge is 0.324 e. The standard InChI is InChI=1S/C50H65N7O7/c1-10-56-38-16-15-30-25-35(38)39-40(45(63-9)42-33(44(39)56)13-11-18-51-42)50(6,7)26-64-49(62)36-14-12-20-57(54-36)48(61)37(23-29-21-31(30)24-32(58)22-29)53-46(59)43(28(4)5)55(8)47(60)34-17-19-52-41(34)27(2)3/h11,13,15-16,18,21-22,24-25,27-28,34,36-37,40-41,43,45,52,54,58H,10,12,14,17,19-20,23,26H2,1-9H3,(H,53,59)/t34?,36-,37-,40?,41?,43-,45-/m0/s1. The number of benzene rings is 2. The number of cyclic esters (lactones) is 1. The lowest BCUT2D eigenvalue weighted by atomic mass is 9.67. The Kier molecular flexibility index (Phi) is 12.7. The highest BCUT2D eigenvalue weighted by Gasteiger charge is 2.48. The highest BCUT2D eigenvalue weighted by molar-refractivity contribution is 5.97. The second-order valence-corrected chi connectivity index (χ2v) is 19.6. The fourth-order valence-corrected chi connectivity index (χ4v) is 11.1. The van der Waals surface area contributed by atoms with Crippen LogP contribution in [0.25, 0.3) is 33.3 Å². The monoisotopic (exact) mass is 875 g/mol. The van der Waals surface area contributed by atoms with Crippen molar-refractivity contribution in [2.75, 3.05) is 33.9 Å². The van der Waals surface area contributed by atoms with Gasteiger partial charge in [0, 0.05) is 73.7 Å². The van der Waals surface area contributed by atoms with E-state index in [2.05, 4.69) is 73.4 Å². The Hall–Kier alpha value is -5.31. The number of hydrogen-bond acceptors (Lipinski definition) is 10. The van der Waals surface area contributed by atoms with Gasteiger partial charge in [-0.25, -0.2) is 5.43 Å². The van der Waals surface area contributed by atoms with Crippen LogP contribution in [0.15, 0.2) is 54.7 Å². The second-order valence-electron chi connectivity index (χ2n) is 19.6. The molecule has 0 spiro atoms. The summed E-state index contributed by atoms with van der Waals surface area (Å²) in [7, 11) is 3.37. The molecular weight excluding hydrogens is 811 g/mol. The van der Waals surface area contributed by atoms with E-state index in [1.165, 1.54) is 5.01 Å². The lowest BCUT2D eigenvalue weighted by molar-refractivity contribution is -0.156.